The molecule has 12 heteroatoms. The molecule has 0 radical (unpaired) electrons. The lowest BCUT2D eigenvalue weighted by molar-refractivity contribution is -0.133. The van der Waals surface area contributed by atoms with Crippen LogP contribution in [0.3, 0.4) is 0 Å². The van der Waals surface area contributed by atoms with E-state index in [1.807, 2.05) is 65.4 Å². The number of oxime groups is 1. The van der Waals surface area contributed by atoms with Gasteiger partial charge < -0.3 is 10.2 Å². The summed E-state index contributed by atoms with van der Waals surface area (Å²) in [6.07, 6.45) is 7.90. The van der Waals surface area contributed by atoms with Crippen molar-refractivity contribution in [3.63, 3.8) is 0 Å². The van der Waals surface area contributed by atoms with Crippen LogP contribution in [0, 0.1) is 11.8 Å². The summed E-state index contributed by atoms with van der Waals surface area (Å²) in [6.45, 7) is 0.309. The molecule has 1 aliphatic heterocycles. The molecule has 1 saturated carbocycles. The number of fused-ring (bicyclic) bond motifs is 5. The van der Waals surface area contributed by atoms with Gasteiger partial charge in [-0.05, 0) is 42.9 Å². The summed E-state index contributed by atoms with van der Waals surface area (Å²) in [5, 5.41) is 8.39. The first-order chi connectivity index (χ1) is 20.6. The van der Waals surface area contributed by atoms with Crippen molar-refractivity contribution in [2.45, 2.75) is 43.7 Å². The zero-order chi connectivity index (χ0) is 30.4. The second-order valence-electron chi connectivity index (χ2n) is 11.5. The van der Waals surface area contributed by atoms with Gasteiger partial charge in [-0.25, -0.2) is 14.3 Å². The monoisotopic (exact) mass is 603 g/mol. The first-order valence-electron chi connectivity index (χ1n) is 14.3. The van der Waals surface area contributed by atoms with Crippen LogP contribution >= 0.6 is 0 Å². The first-order valence-corrected chi connectivity index (χ1v) is 16.2. The van der Waals surface area contributed by atoms with Gasteiger partial charge in [-0.15, -0.1) is 0 Å². The Morgan fingerprint density at radius 2 is 1.72 bits per heavy atom. The Morgan fingerprint density at radius 1 is 1.07 bits per heavy atom. The molecule has 4 N–H and O–H groups in total. The van der Waals surface area contributed by atoms with Gasteiger partial charge >= 0.3 is 0 Å². The minimum absolute atomic E-state index is 0.0884. The van der Waals surface area contributed by atoms with Gasteiger partial charge in [0.25, 0.3) is 11.8 Å². The predicted molar refractivity (Wildman–Crippen MR) is 159 cm³/mol. The highest BCUT2D eigenvalue weighted by Crippen LogP contribution is 2.46. The molecule has 0 unspecified atom stereocenters. The van der Waals surface area contributed by atoms with Crippen molar-refractivity contribution in [1.82, 2.24) is 15.0 Å². The van der Waals surface area contributed by atoms with E-state index in [1.165, 1.54) is 0 Å². The number of benzene rings is 2. The Balaban J connectivity index is 1.29. The van der Waals surface area contributed by atoms with Crippen LogP contribution in [0.4, 0.5) is 0 Å². The molecule has 1 fully saturated rings. The zero-order valence-corrected chi connectivity index (χ0v) is 24.5. The average Bonchev–Trinajstić information content (AvgIpc) is 3.34. The minimum atomic E-state index is -3.86. The Labute approximate surface area is 249 Å². The molecule has 4 atom stereocenters. The fourth-order valence-electron chi connectivity index (χ4n) is 6.12. The summed E-state index contributed by atoms with van der Waals surface area (Å²) < 4.78 is 25.7. The number of allylic oxidation sites excluding steroid dienone is 1. The summed E-state index contributed by atoms with van der Waals surface area (Å²) >= 11 is 0. The van der Waals surface area contributed by atoms with E-state index in [-0.39, 0.29) is 24.3 Å². The summed E-state index contributed by atoms with van der Waals surface area (Å²) in [6, 6.07) is 15.7. The third-order valence-corrected chi connectivity index (χ3v) is 8.96. The fourth-order valence-corrected chi connectivity index (χ4v) is 6.64. The molecule has 2 aromatic carbocycles. The van der Waals surface area contributed by atoms with Crippen LogP contribution in [0.1, 0.15) is 43.2 Å². The van der Waals surface area contributed by atoms with Crippen molar-refractivity contribution in [3.8, 4) is 11.1 Å². The molecule has 43 heavy (non-hydrogen) atoms. The second kappa shape index (κ2) is 11.1. The number of hydrogen-bond donors (Lipinski definition) is 3. The molecule has 11 nitrogen and oxygen atoms in total. The Hall–Kier alpha value is -4.29. The largest absolute Gasteiger partial charge is 0.388 e. The third-order valence-electron chi connectivity index (χ3n) is 8.40. The van der Waals surface area contributed by atoms with Gasteiger partial charge in [-0.2, -0.15) is 0 Å². The van der Waals surface area contributed by atoms with Crippen LogP contribution in [0.25, 0.3) is 11.1 Å². The molecule has 3 amide bonds. The van der Waals surface area contributed by atoms with Crippen LogP contribution < -0.4 is 15.9 Å². The Morgan fingerprint density at radius 3 is 2.37 bits per heavy atom. The summed E-state index contributed by atoms with van der Waals surface area (Å²) in [5.41, 5.74) is 3.29. The topological polar surface area (TPSA) is 160 Å². The summed E-state index contributed by atoms with van der Waals surface area (Å²) in [7, 11) is -3.86. The molecule has 0 bridgehead atoms. The van der Waals surface area contributed by atoms with Crippen LogP contribution in [0.15, 0.2) is 77.5 Å². The minimum Gasteiger partial charge on any atom is -0.388 e. The lowest BCUT2D eigenvalue weighted by Crippen LogP contribution is -2.53. The van der Waals surface area contributed by atoms with Crippen molar-refractivity contribution < 1.29 is 27.6 Å². The van der Waals surface area contributed by atoms with E-state index in [4.69, 9.17) is 10.7 Å². The van der Waals surface area contributed by atoms with Crippen LogP contribution in [-0.4, -0.2) is 61.3 Å². The number of rotatable bonds is 4. The van der Waals surface area contributed by atoms with E-state index < -0.39 is 45.3 Å². The number of nitrogens with one attached hydrogen (secondary N) is 2. The number of hydrogen-bond acceptors (Lipinski definition) is 8. The van der Waals surface area contributed by atoms with Crippen LogP contribution in [-0.2, 0) is 29.2 Å². The predicted octanol–water partition coefficient (Wildman–Crippen LogP) is 2.14. The van der Waals surface area contributed by atoms with Crippen LogP contribution in [0.5, 0.6) is 0 Å². The third kappa shape index (κ3) is 5.59. The number of nitrogens with two attached hydrogens (primary N) is 1. The highest BCUT2D eigenvalue weighted by atomic mass is 32.2. The summed E-state index contributed by atoms with van der Waals surface area (Å²) in [4.78, 5) is 46.3. The lowest BCUT2D eigenvalue weighted by Gasteiger charge is -2.24. The van der Waals surface area contributed by atoms with Gasteiger partial charge in [-0.3, -0.25) is 24.1 Å². The van der Waals surface area contributed by atoms with E-state index in [2.05, 4.69) is 10.5 Å². The van der Waals surface area contributed by atoms with Crippen molar-refractivity contribution in [1.29, 1.82) is 0 Å². The maximum atomic E-state index is 13.8. The molecule has 0 saturated heterocycles. The molecule has 0 aromatic heterocycles. The fraction of sp³-hybridized carbons (Fsp3) is 0.355. The Bertz CT molecular complexity index is 1650. The van der Waals surface area contributed by atoms with Crippen LogP contribution in [0.2, 0.25) is 0 Å². The lowest BCUT2D eigenvalue weighted by atomic mass is 9.98. The number of carbonyl (C=O) groups is 3. The highest BCUT2D eigenvalue weighted by Gasteiger charge is 2.61. The van der Waals surface area contributed by atoms with Crippen molar-refractivity contribution >= 4 is 33.5 Å². The molecule has 224 valence electrons. The standard InChI is InChI=1S/C31H33N5O6S/c1-43(40,41)35-30(39)31-18-19(31)10-4-2-3-9-15-36(32)29(38)26-17-20(16-25(26)28(37)33-31)42-34-27-23-13-7-5-11-21(23)22-12-6-8-14-24(22)27/h4-8,10-14,17,19-20,25H,2-3,9,15-16,18,32H2,1H3,(H,33,37)(H,35,39)/b10-4-/t19-,20+,25+,31+/m0/s1. The first kappa shape index (κ1) is 28.8. The molecule has 0 spiro atoms. The van der Waals surface area contributed by atoms with E-state index in [0.717, 1.165) is 39.9 Å². The normalized spacial score (nSPS) is 27.4. The number of hydrazine groups is 1. The van der Waals surface area contributed by atoms with Gasteiger partial charge in [0.2, 0.25) is 15.9 Å². The summed E-state index contributed by atoms with van der Waals surface area (Å²) in [5.74, 6) is 2.87. The maximum Gasteiger partial charge on any atom is 0.264 e. The highest BCUT2D eigenvalue weighted by molar-refractivity contribution is 7.89. The van der Waals surface area contributed by atoms with Gasteiger partial charge in [0.1, 0.15) is 17.4 Å². The van der Waals surface area contributed by atoms with Gasteiger partial charge in [0.05, 0.1) is 12.2 Å². The Kier molecular flexibility index (Phi) is 7.43. The quantitative estimate of drug-likeness (QED) is 0.178. The molecule has 6 rings (SSSR count). The maximum absolute atomic E-state index is 13.8. The number of carbonyl (C=O) groups excluding carboxylic acids is 3. The van der Waals surface area contributed by atoms with E-state index in [9.17, 15) is 22.8 Å². The molecule has 2 aromatic rings. The second-order valence-corrected chi connectivity index (χ2v) is 13.2. The molecule has 4 aliphatic rings. The number of sulfonamides is 1. The molecular weight excluding hydrogens is 570 g/mol. The average molecular weight is 604 g/mol. The van der Waals surface area contributed by atoms with Gasteiger partial charge in [-0.1, -0.05) is 65.8 Å². The van der Waals surface area contributed by atoms with Crippen molar-refractivity contribution in [3.05, 3.63) is 83.5 Å². The van der Waals surface area contributed by atoms with E-state index in [0.29, 0.717) is 25.1 Å². The van der Waals surface area contributed by atoms with E-state index >= 15 is 0 Å². The molecule has 3 aliphatic carbocycles. The molecule has 1 heterocycles. The van der Waals surface area contributed by atoms with E-state index in [1.54, 1.807) is 6.08 Å². The number of nitrogens with zero attached hydrogens (tertiary/aromatic N) is 2. The number of amides is 3. The smallest absolute Gasteiger partial charge is 0.264 e. The molecular formula is C31H33N5O6S. The van der Waals surface area contributed by atoms with Gasteiger partial charge in [0.15, 0.2) is 0 Å². The zero-order valence-electron chi connectivity index (χ0n) is 23.7. The van der Waals surface area contributed by atoms with Crippen molar-refractivity contribution in [2.75, 3.05) is 12.8 Å². The van der Waals surface area contributed by atoms with Gasteiger partial charge in [0, 0.05) is 35.6 Å². The van der Waals surface area contributed by atoms with Crippen molar-refractivity contribution in [2.24, 2.45) is 22.8 Å². The SMILES string of the molecule is CS(=O)(=O)NC(=O)[C@@]12C[C@@H]1/C=C\CCCCN(N)C(=O)C1=C[C@H](ON=C3c4ccccc4-c4ccccc43)C[C@H]1C(=O)N2.